The van der Waals surface area contributed by atoms with E-state index in [1.54, 1.807) is 0 Å². The number of hydrogen-bond donors (Lipinski definition) is 0. The lowest BCUT2D eigenvalue weighted by molar-refractivity contribution is 0.405. The minimum absolute atomic E-state index is 0.521. The molecule has 0 aromatic heterocycles. The van der Waals surface area contributed by atoms with E-state index in [1.807, 2.05) is 21.3 Å². The van der Waals surface area contributed by atoms with E-state index in [9.17, 15) is 0 Å². The zero-order chi connectivity index (χ0) is 13.2. The molecule has 0 amide bonds. The summed E-state index contributed by atoms with van der Waals surface area (Å²) in [5.41, 5.74) is 0.521. The van der Waals surface area contributed by atoms with Crippen molar-refractivity contribution >= 4 is 30.1 Å². The second kappa shape index (κ2) is 5.49. The lowest BCUT2D eigenvalue weighted by atomic mass is 10.6. The first-order chi connectivity index (χ1) is 7.05. The first kappa shape index (κ1) is 16.6. The molecule has 0 N–H and O–H groups in total. The van der Waals surface area contributed by atoms with Gasteiger partial charge in [0.25, 0.3) is 0 Å². The lowest BCUT2D eigenvalue weighted by Crippen LogP contribution is -2.75. The van der Waals surface area contributed by atoms with Gasteiger partial charge in [0, 0.05) is 21.3 Å². The van der Waals surface area contributed by atoms with Gasteiger partial charge in [-0.2, -0.15) is 0 Å². The van der Waals surface area contributed by atoms with E-state index in [4.69, 9.17) is 13.3 Å². The summed E-state index contributed by atoms with van der Waals surface area (Å²) in [7, 11) is 0.260. The van der Waals surface area contributed by atoms with Crippen LogP contribution in [0.2, 0.25) is 39.3 Å². The Labute approximate surface area is 104 Å². The molecule has 16 heavy (non-hydrogen) atoms. The average Bonchev–Trinajstić information content (AvgIpc) is 2.16. The maximum absolute atomic E-state index is 5.82. The van der Waals surface area contributed by atoms with Gasteiger partial charge >= 0.3 is 0 Å². The molecule has 3 nitrogen and oxygen atoms in total. The summed E-state index contributed by atoms with van der Waals surface area (Å²) in [5.74, 6) is 0. The van der Waals surface area contributed by atoms with Gasteiger partial charge in [0.05, 0.1) is 0 Å². The van der Waals surface area contributed by atoms with Crippen LogP contribution in [0.4, 0.5) is 0 Å². The van der Waals surface area contributed by atoms with Crippen molar-refractivity contribution in [1.29, 1.82) is 0 Å². The fourth-order valence-electron chi connectivity index (χ4n) is 2.86. The molecule has 96 valence electrons. The quantitative estimate of drug-likeness (QED) is 0.698. The summed E-state index contributed by atoms with van der Waals surface area (Å²) in [4.78, 5) is 0. The molecular formula is C9H27BO3Si3. The third-order valence-electron chi connectivity index (χ3n) is 3.66. The van der Waals surface area contributed by atoms with Gasteiger partial charge in [-0.25, -0.2) is 0 Å². The first-order valence-corrected chi connectivity index (χ1v) is 14.7. The zero-order valence-corrected chi connectivity index (χ0v) is 15.3. The van der Waals surface area contributed by atoms with Crippen molar-refractivity contribution in [3.05, 3.63) is 0 Å². The Morgan fingerprint density at radius 2 is 0.750 bits per heavy atom. The van der Waals surface area contributed by atoms with Crippen molar-refractivity contribution in [2.75, 3.05) is 21.3 Å². The smallest absolute Gasteiger partial charge is 0.221 e. The molecular weight excluding hydrogens is 251 g/mol. The second-order valence-electron chi connectivity index (χ2n) is 5.86. The van der Waals surface area contributed by atoms with Crippen molar-refractivity contribution < 1.29 is 13.3 Å². The molecule has 0 fully saturated rings. The van der Waals surface area contributed by atoms with E-state index in [0.717, 1.165) is 0 Å². The fourth-order valence-corrected chi connectivity index (χ4v) is 25.8. The number of hydrogen-bond acceptors (Lipinski definition) is 3. The van der Waals surface area contributed by atoms with E-state index < -0.39 is 24.6 Å². The van der Waals surface area contributed by atoms with Gasteiger partial charge in [0.1, 0.15) is 0 Å². The molecule has 0 heterocycles. The zero-order valence-electron chi connectivity index (χ0n) is 12.3. The van der Waals surface area contributed by atoms with Crippen molar-refractivity contribution in [3.8, 4) is 0 Å². The molecule has 0 aromatic carbocycles. The summed E-state index contributed by atoms with van der Waals surface area (Å²) in [6.07, 6.45) is 0. The van der Waals surface area contributed by atoms with E-state index in [-0.39, 0.29) is 0 Å². The molecule has 7 heteroatoms. The fraction of sp³-hybridized carbons (Fsp3) is 1.00. The summed E-state index contributed by atoms with van der Waals surface area (Å²) < 4.78 is 17.5. The van der Waals surface area contributed by atoms with Crippen LogP contribution in [0.15, 0.2) is 0 Å². The molecule has 0 atom stereocenters. The molecule has 0 rings (SSSR count). The summed E-state index contributed by atoms with van der Waals surface area (Å²) in [6, 6.07) is 0. The van der Waals surface area contributed by atoms with Gasteiger partial charge in [-0.05, 0) is 0 Å². The topological polar surface area (TPSA) is 27.7 Å². The van der Waals surface area contributed by atoms with Gasteiger partial charge < -0.3 is 13.3 Å². The highest BCUT2D eigenvalue weighted by Gasteiger charge is 2.58. The second-order valence-corrected chi connectivity index (χ2v) is 20.2. The van der Waals surface area contributed by atoms with Gasteiger partial charge in [0.15, 0.2) is 24.6 Å². The monoisotopic (exact) mass is 278 g/mol. The molecule has 0 aromatic rings. The van der Waals surface area contributed by atoms with Crippen LogP contribution in [0.25, 0.3) is 0 Å². The van der Waals surface area contributed by atoms with Crippen LogP contribution in [-0.2, 0) is 13.3 Å². The van der Waals surface area contributed by atoms with E-state index in [1.165, 1.54) is 0 Å². The summed E-state index contributed by atoms with van der Waals surface area (Å²) in [5, 5.41) is 0. The van der Waals surface area contributed by atoms with Crippen molar-refractivity contribution in [1.82, 2.24) is 0 Å². The molecule has 0 unspecified atom stereocenters. The van der Waals surface area contributed by atoms with Crippen LogP contribution in [-0.4, -0.2) is 51.4 Å². The Bertz CT molecular complexity index is 196. The molecule has 0 radical (unpaired) electrons. The molecule has 0 saturated carbocycles. The summed E-state index contributed by atoms with van der Waals surface area (Å²) in [6.45, 7) is 13.7. The van der Waals surface area contributed by atoms with E-state index >= 15 is 0 Å². The predicted octanol–water partition coefficient (Wildman–Crippen LogP) is 2.27. The largest absolute Gasteiger partial charge is 0.428 e. The molecule has 0 saturated heterocycles. The highest BCUT2D eigenvalue weighted by atomic mass is 28.5. The van der Waals surface area contributed by atoms with Crippen LogP contribution < -0.4 is 0 Å². The van der Waals surface area contributed by atoms with Crippen molar-refractivity contribution in [3.63, 3.8) is 0 Å². The van der Waals surface area contributed by atoms with Gasteiger partial charge in [-0.1, -0.05) is 39.3 Å². The third kappa shape index (κ3) is 3.54. The van der Waals surface area contributed by atoms with Gasteiger partial charge in [0.2, 0.25) is 5.49 Å². The van der Waals surface area contributed by atoms with Crippen molar-refractivity contribution in [2.45, 2.75) is 39.3 Å². The highest BCUT2D eigenvalue weighted by Crippen LogP contribution is 2.27. The molecule has 0 spiro atoms. The van der Waals surface area contributed by atoms with Crippen LogP contribution >= 0.6 is 0 Å². The average molecular weight is 278 g/mol. The maximum atomic E-state index is 5.82. The molecule has 0 aliphatic carbocycles. The number of rotatable bonds is 6. The Morgan fingerprint density at radius 1 is 0.562 bits per heavy atom. The molecule has 0 aliphatic heterocycles. The standard InChI is InChI=1S/C9H27BO3Si3/c1-11-14(4,5)10(15(6,7)12-2)16(8,9)13-3/h1-9H3. The van der Waals surface area contributed by atoms with E-state index in [2.05, 4.69) is 39.3 Å². The third-order valence-corrected chi connectivity index (χ3v) is 23.5. The first-order valence-electron chi connectivity index (χ1n) is 5.70. The summed E-state index contributed by atoms with van der Waals surface area (Å²) >= 11 is 0. The molecule has 0 bridgehead atoms. The van der Waals surface area contributed by atoms with Crippen LogP contribution in [0.3, 0.4) is 0 Å². The Hall–Kier alpha value is 0.596. The SMILES string of the molecule is CO[Si](C)(C)B([Si](C)(C)OC)[Si](C)(C)OC. The lowest BCUT2D eigenvalue weighted by Gasteiger charge is -2.44. The normalized spacial score (nSPS) is 14.1. The Kier molecular flexibility index (Phi) is 5.70. The van der Waals surface area contributed by atoms with Crippen LogP contribution in [0.5, 0.6) is 0 Å². The van der Waals surface area contributed by atoms with E-state index in [0.29, 0.717) is 5.49 Å². The van der Waals surface area contributed by atoms with Crippen LogP contribution in [0.1, 0.15) is 0 Å². The Balaban J connectivity index is 5.40. The minimum atomic E-state index is -1.75. The molecule has 0 aliphatic rings. The maximum Gasteiger partial charge on any atom is 0.221 e. The Morgan fingerprint density at radius 3 is 0.875 bits per heavy atom. The minimum Gasteiger partial charge on any atom is -0.428 e. The van der Waals surface area contributed by atoms with Crippen LogP contribution in [0, 0.1) is 0 Å². The van der Waals surface area contributed by atoms with Gasteiger partial charge in [-0.3, -0.25) is 0 Å². The van der Waals surface area contributed by atoms with Gasteiger partial charge in [-0.15, -0.1) is 0 Å². The van der Waals surface area contributed by atoms with Crippen molar-refractivity contribution in [2.24, 2.45) is 0 Å². The highest BCUT2D eigenvalue weighted by molar-refractivity contribution is 7.78. The predicted molar refractivity (Wildman–Crippen MR) is 79.2 cm³/mol.